The molecule has 0 bridgehead atoms. The Balaban J connectivity index is 0.00000289. The fraction of sp³-hybridized carbons (Fsp3) is 0.360. The lowest BCUT2D eigenvalue weighted by atomic mass is 10.1. The third kappa shape index (κ3) is 7.21. The lowest BCUT2D eigenvalue weighted by molar-refractivity contribution is -0.130. The quantitative estimate of drug-likeness (QED) is 0.479. The highest BCUT2D eigenvalue weighted by molar-refractivity contribution is 5.97. The monoisotopic (exact) mass is 508 g/mol. The number of amides is 1. The molecule has 0 aliphatic heterocycles. The number of nitrogens with two attached hydrogens (primary N) is 1. The maximum absolute atomic E-state index is 13.1. The van der Waals surface area contributed by atoms with Gasteiger partial charge in [-0.3, -0.25) is 14.2 Å². The third-order valence-electron chi connectivity index (χ3n) is 5.56. The van der Waals surface area contributed by atoms with Crippen LogP contribution in [0.15, 0.2) is 54.7 Å². The maximum atomic E-state index is 13.1. The van der Waals surface area contributed by atoms with Gasteiger partial charge in [-0.25, -0.2) is 0 Å². The Hall–Kier alpha value is -2.58. The van der Waals surface area contributed by atoms with Gasteiger partial charge < -0.3 is 20.3 Å². The Kier molecular flexibility index (Phi) is 11.6. The van der Waals surface area contributed by atoms with Crippen molar-refractivity contribution in [3.63, 3.8) is 0 Å². The summed E-state index contributed by atoms with van der Waals surface area (Å²) in [5, 5.41) is 0.981. The Bertz CT molecular complexity index is 1090. The molecule has 1 heterocycles. The summed E-state index contributed by atoms with van der Waals surface area (Å²) in [6.45, 7) is 0.807. The number of hydrogen-bond donors (Lipinski definition) is 1. The standard InChI is InChI=1S/C25H32N4O3.2ClH/c1-27(2)13-12-19-16-29(23-11-10-20(32-4)15-21(19)23)24(30)17-28(3)25(31)22(26)14-18-8-6-5-7-9-18;;/h5-11,15-16,22H,12-14,17,26H2,1-4H3;2*1H/t22-;;/m0../s1. The number of likely N-dealkylation sites (N-methyl/N-ethyl adjacent to an activating group) is 2. The van der Waals surface area contributed by atoms with Crippen molar-refractivity contribution in [1.29, 1.82) is 0 Å². The molecule has 3 aromatic rings. The molecule has 0 saturated heterocycles. The molecule has 0 fully saturated rings. The molecule has 0 aliphatic rings. The van der Waals surface area contributed by atoms with E-state index in [1.165, 1.54) is 4.90 Å². The molecule has 0 unspecified atom stereocenters. The molecule has 2 aromatic carbocycles. The molecule has 9 heteroatoms. The summed E-state index contributed by atoms with van der Waals surface area (Å²) in [5.74, 6) is 0.306. The number of methoxy groups -OCH3 is 1. The summed E-state index contributed by atoms with van der Waals surface area (Å²) >= 11 is 0. The number of aromatic nitrogens is 1. The van der Waals surface area contributed by atoms with Crippen LogP contribution in [0.5, 0.6) is 5.75 Å². The molecule has 1 aromatic heterocycles. The first-order chi connectivity index (χ1) is 15.3. The van der Waals surface area contributed by atoms with Crippen LogP contribution in [-0.4, -0.2) is 73.6 Å². The normalized spacial score (nSPS) is 11.5. The van der Waals surface area contributed by atoms with E-state index in [1.54, 1.807) is 18.7 Å². The molecule has 3 rings (SSSR count). The summed E-state index contributed by atoms with van der Waals surface area (Å²) in [5.41, 5.74) is 8.99. The van der Waals surface area contributed by atoms with E-state index in [9.17, 15) is 9.59 Å². The number of hydrogen-bond acceptors (Lipinski definition) is 5. The van der Waals surface area contributed by atoms with Gasteiger partial charge in [-0.1, -0.05) is 30.3 Å². The van der Waals surface area contributed by atoms with Crippen LogP contribution in [0, 0.1) is 0 Å². The van der Waals surface area contributed by atoms with E-state index in [-0.39, 0.29) is 43.2 Å². The SMILES string of the molecule is COc1ccc2c(c1)c(CCN(C)C)cn2C(=O)CN(C)C(=O)[C@@H](N)Cc1ccccc1.Cl.Cl. The zero-order chi connectivity index (χ0) is 23.3. The van der Waals surface area contributed by atoms with Gasteiger partial charge in [0.05, 0.1) is 18.7 Å². The van der Waals surface area contributed by atoms with Gasteiger partial charge >= 0.3 is 0 Å². The number of ether oxygens (including phenoxy) is 1. The second-order valence-corrected chi connectivity index (χ2v) is 8.34. The number of fused-ring (bicyclic) bond motifs is 1. The molecule has 0 radical (unpaired) electrons. The first-order valence-corrected chi connectivity index (χ1v) is 10.7. The zero-order valence-corrected chi connectivity index (χ0v) is 21.7. The molecule has 1 amide bonds. The second-order valence-electron chi connectivity index (χ2n) is 8.34. The van der Waals surface area contributed by atoms with E-state index in [0.29, 0.717) is 6.42 Å². The van der Waals surface area contributed by atoms with Crippen molar-refractivity contribution < 1.29 is 14.3 Å². The molecular formula is C25H34Cl2N4O3. The number of rotatable bonds is 9. The summed E-state index contributed by atoms with van der Waals surface area (Å²) in [7, 11) is 7.28. The van der Waals surface area contributed by atoms with Crippen molar-refractivity contribution in [2.75, 3.05) is 41.3 Å². The van der Waals surface area contributed by atoms with Gasteiger partial charge in [0.25, 0.3) is 5.91 Å². The minimum absolute atomic E-state index is 0. The summed E-state index contributed by atoms with van der Waals surface area (Å²) in [4.78, 5) is 29.4. The highest BCUT2D eigenvalue weighted by Gasteiger charge is 2.22. The van der Waals surface area contributed by atoms with Crippen LogP contribution in [0.2, 0.25) is 0 Å². The summed E-state index contributed by atoms with van der Waals surface area (Å²) in [6, 6.07) is 14.6. The van der Waals surface area contributed by atoms with Gasteiger partial charge in [-0.15, -0.1) is 24.8 Å². The zero-order valence-electron chi connectivity index (χ0n) is 20.1. The van der Waals surface area contributed by atoms with E-state index < -0.39 is 6.04 Å². The molecular weight excluding hydrogens is 475 g/mol. The van der Waals surface area contributed by atoms with Crippen LogP contribution in [0.25, 0.3) is 10.9 Å². The summed E-state index contributed by atoms with van der Waals surface area (Å²) < 4.78 is 7.00. The molecule has 1 atom stereocenters. The van der Waals surface area contributed by atoms with E-state index in [4.69, 9.17) is 10.5 Å². The van der Waals surface area contributed by atoms with Gasteiger partial charge in [0.15, 0.2) is 0 Å². The predicted molar refractivity (Wildman–Crippen MR) is 142 cm³/mol. The Morgan fingerprint density at radius 2 is 1.74 bits per heavy atom. The number of carbonyl (C=O) groups excluding carboxylic acids is 2. The van der Waals surface area contributed by atoms with Crippen molar-refractivity contribution in [1.82, 2.24) is 14.4 Å². The molecule has 2 N–H and O–H groups in total. The van der Waals surface area contributed by atoms with Gasteiger partial charge in [0, 0.05) is 25.2 Å². The topological polar surface area (TPSA) is 80.8 Å². The van der Waals surface area contributed by atoms with Gasteiger partial charge in [-0.05, 0) is 56.3 Å². The third-order valence-corrected chi connectivity index (χ3v) is 5.56. The number of benzene rings is 2. The van der Waals surface area contributed by atoms with Crippen molar-refractivity contribution in [3.8, 4) is 5.75 Å². The Labute approximate surface area is 213 Å². The van der Waals surface area contributed by atoms with Crippen molar-refractivity contribution in [2.45, 2.75) is 18.9 Å². The van der Waals surface area contributed by atoms with E-state index >= 15 is 0 Å². The number of halogens is 2. The van der Waals surface area contributed by atoms with Crippen LogP contribution in [0.3, 0.4) is 0 Å². The Morgan fingerprint density at radius 1 is 1.06 bits per heavy atom. The van der Waals surface area contributed by atoms with E-state index in [2.05, 4.69) is 4.90 Å². The van der Waals surface area contributed by atoms with Crippen LogP contribution in [-0.2, 0) is 17.6 Å². The second kappa shape index (κ2) is 13.3. The van der Waals surface area contributed by atoms with Crippen LogP contribution in [0.1, 0.15) is 15.9 Å². The average molecular weight is 509 g/mol. The van der Waals surface area contributed by atoms with Gasteiger partial charge in [0.2, 0.25) is 5.91 Å². The fourth-order valence-electron chi connectivity index (χ4n) is 3.75. The summed E-state index contributed by atoms with van der Waals surface area (Å²) in [6.07, 6.45) is 3.10. The van der Waals surface area contributed by atoms with Crippen molar-refractivity contribution >= 4 is 47.5 Å². The first kappa shape index (κ1) is 29.5. The van der Waals surface area contributed by atoms with Crippen molar-refractivity contribution in [2.24, 2.45) is 5.73 Å². The van der Waals surface area contributed by atoms with E-state index in [0.717, 1.165) is 40.7 Å². The molecule has 0 spiro atoms. The fourth-order valence-corrected chi connectivity index (χ4v) is 3.75. The average Bonchev–Trinajstić information content (AvgIpc) is 3.15. The minimum Gasteiger partial charge on any atom is -0.497 e. The van der Waals surface area contributed by atoms with Crippen LogP contribution in [0.4, 0.5) is 0 Å². The van der Waals surface area contributed by atoms with Crippen LogP contribution < -0.4 is 10.5 Å². The van der Waals surface area contributed by atoms with Gasteiger partial charge in [0.1, 0.15) is 12.3 Å². The highest BCUT2D eigenvalue weighted by Crippen LogP contribution is 2.26. The highest BCUT2D eigenvalue weighted by atomic mass is 35.5. The molecule has 186 valence electrons. The predicted octanol–water partition coefficient (Wildman–Crippen LogP) is 3.27. The molecule has 7 nitrogen and oxygen atoms in total. The first-order valence-electron chi connectivity index (χ1n) is 10.7. The molecule has 34 heavy (non-hydrogen) atoms. The van der Waals surface area contributed by atoms with E-state index in [1.807, 2.05) is 68.8 Å². The smallest absolute Gasteiger partial charge is 0.250 e. The minimum atomic E-state index is -0.698. The molecule has 0 aliphatic carbocycles. The number of carbonyl (C=O) groups is 2. The maximum Gasteiger partial charge on any atom is 0.250 e. The van der Waals surface area contributed by atoms with Crippen molar-refractivity contribution in [3.05, 3.63) is 65.9 Å². The largest absolute Gasteiger partial charge is 0.497 e. The Morgan fingerprint density at radius 3 is 2.35 bits per heavy atom. The lowest BCUT2D eigenvalue weighted by Gasteiger charge is -2.21. The number of nitrogens with zero attached hydrogens (tertiary/aromatic N) is 3. The molecule has 0 saturated carbocycles. The lowest BCUT2D eigenvalue weighted by Crippen LogP contribution is -2.45. The van der Waals surface area contributed by atoms with Crippen LogP contribution >= 0.6 is 24.8 Å². The van der Waals surface area contributed by atoms with Gasteiger partial charge in [-0.2, -0.15) is 0 Å².